The van der Waals surface area contributed by atoms with E-state index in [9.17, 15) is 17.6 Å². The number of likely N-dealkylation sites (N-methyl/N-ethyl adjacent to an activating group) is 1. The molecule has 0 aliphatic carbocycles. The number of alkyl halides is 3. The number of hydrogen-bond acceptors (Lipinski definition) is 4. The molecule has 0 fully saturated rings. The van der Waals surface area contributed by atoms with Crippen LogP contribution < -0.4 is 14.4 Å². The summed E-state index contributed by atoms with van der Waals surface area (Å²) >= 11 is 0. The molecule has 2 aromatic carbocycles. The predicted octanol–water partition coefficient (Wildman–Crippen LogP) is 3.89. The summed E-state index contributed by atoms with van der Waals surface area (Å²) in [5, 5.41) is 3.93. The fourth-order valence-corrected chi connectivity index (χ4v) is 5.88. The van der Waals surface area contributed by atoms with Crippen LogP contribution in [0.3, 0.4) is 0 Å². The zero-order valence-corrected chi connectivity index (χ0v) is 18.1. The van der Waals surface area contributed by atoms with Crippen molar-refractivity contribution >= 4 is 11.4 Å². The minimum Gasteiger partial charge on any atom is -0.345 e. The van der Waals surface area contributed by atoms with Crippen molar-refractivity contribution < 1.29 is 26.5 Å². The maximum absolute atomic E-state index is 15.3. The van der Waals surface area contributed by atoms with Gasteiger partial charge in [0.2, 0.25) is 5.82 Å². The molecule has 1 spiro atoms. The molecule has 6 nitrogen and oxygen atoms in total. The van der Waals surface area contributed by atoms with E-state index in [-0.39, 0.29) is 23.5 Å². The molecule has 0 saturated heterocycles. The third-order valence-electron chi connectivity index (χ3n) is 7.12. The van der Waals surface area contributed by atoms with Crippen molar-refractivity contribution in [1.29, 1.82) is 0 Å². The highest BCUT2D eigenvalue weighted by molar-refractivity contribution is 5.79. The molecule has 5 heterocycles. The van der Waals surface area contributed by atoms with E-state index in [0.717, 1.165) is 17.4 Å². The zero-order chi connectivity index (χ0) is 24.3. The summed E-state index contributed by atoms with van der Waals surface area (Å²) in [6, 6.07) is 14.5. The van der Waals surface area contributed by atoms with E-state index in [1.54, 1.807) is 29.0 Å². The van der Waals surface area contributed by atoms with Crippen molar-refractivity contribution in [2.24, 2.45) is 0 Å². The van der Waals surface area contributed by atoms with Gasteiger partial charge in [0.1, 0.15) is 11.6 Å². The highest BCUT2D eigenvalue weighted by atomic mass is 19.4. The van der Waals surface area contributed by atoms with Gasteiger partial charge in [-0.3, -0.25) is 0 Å². The van der Waals surface area contributed by atoms with Gasteiger partial charge in [-0.2, -0.15) is 27.4 Å². The summed E-state index contributed by atoms with van der Waals surface area (Å²) in [5.74, 6) is -2.93. The molecule has 0 bridgehead atoms. The average molecular weight is 483 g/mol. The van der Waals surface area contributed by atoms with Crippen molar-refractivity contribution in [1.82, 2.24) is 14.8 Å². The van der Waals surface area contributed by atoms with E-state index in [0.29, 0.717) is 5.69 Å². The highest BCUT2D eigenvalue weighted by Gasteiger charge is 2.68. The van der Waals surface area contributed by atoms with Gasteiger partial charge in [0.05, 0.1) is 16.9 Å². The number of aromatic nitrogens is 4. The molecule has 2 unspecified atom stereocenters. The number of anilines is 2. The lowest BCUT2D eigenvalue weighted by Crippen LogP contribution is -2.74. The number of hydrogen-bond donors (Lipinski definition) is 0. The molecular formula is C24H16F5N6+. The van der Waals surface area contributed by atoms with E-state index >= 15 is 4.39 Å². The maximum Gasteiger partial charge on any atom is 0.453 e. The Morgan fingerprint density at radius 1 is 1.03 bits per heavy atom. The number of rotatable bonds is 0. The molecule has 2 aromatic heterocycles. The van der Waals surface area contributed by atoms with Crippen LogP contribution >= 0.6 is 0 Å². The van der Waals surface area contributed by atoms with Gasteiger partial charge >= 0.3 is 11.8 Å². The fourth-order valence-electron chi connectivity index (χ4n) is 5.88. The first kappa shape index (κ1) is 20.4. The number of fused-ring (bicyclic) bond motifs is 11. The van der Waals surface area contributed by atoms with Crippen LogP contribution in [0.15, 0.2) is 60.8 Å². The molecule has 7 rings (SSSR count). The predicted molar refractivity (Wildman–Crippen MR) is 114 cm³/mol. The standard InChI is InChI=1S/C24H16F5N6/c1-32-17-6-2-3-7-18(17)33-12-14-15(10-13(25)11-16(14)26)23(22(32)33)34-9-5-4-8-19(34)20-30-21(24(27,28)29)31-35(20)23/h2-11,22H,12H2,1H3/q+1. The van der Waals surface area contributed by atoms with E-state index < -0.39 is 35.5 Å². The Hall–Kier alpha value is -4.02. The molecule has 3 aliphatic heterocycles. The molecule has 3 aliphatic rings. The summed E-state index contributed by atoms with van der Waals surface area (Å²) in [4.78, 5) is 7.68. The molecule has 176 valence electrons. The van der Waals surface area contributed by atoms with Gasteiger partial charge in [0.25, 0.3) is 11.5 Å². The topological polar surface area (TPSA) is 41.1 Å². The van der Waals surface area contributed by atoms with Crippen LogP contribution in [0.5, 0.6) is 0 Å². The Kier molecular flexibility index (Phi) is 3.69. The molecule has 0 radical (unpaired) electrons. The Morgan fingerprint density at radius 2 is 1.77 bits per heavy atom. The van der Waals surface area contributed by atoms with E-state index in [1.807, 2.05) is 41.1 Å². The molecule has 4 aromatic rings. The molecular weight excluding hydrogens is 467 g/mol. The van der Waals surface area contributed by atoms with Crippen molar-refractivity contribution in [2.45, 2.75) is 24.5 Å². The van der Waals surface area contributed by atoms with Gasteiger partial charge in [-0.25, -0.2) is 8.78 Å². The third kappa shape index (κ3) is 2.35. The van der Waals surface area contributed by atoms with Crippen LogP contribution in [0.2, 0.25) is 0 Å². The summed E-state index contributed by atoms with van der Waals surface area (Å²) in [6.07, 6.45) is -3.80. The first-order valence-electron chi connectivity index (χ1n) is 10.9. The van der Waals surface area contributed by atoms with Crippen molar-refractivity contribution in [2.75, 3.05) is 16.8 Å². The summed E-state index contributed by atoms with van der Waals surface area (Å²) in [5.41, 5.74) is 0.770. The molecule has 35 heavy (non-hydrogen) atoms. The van der Waals surface area contributed by atoms with Gasteiger partial charge in [0, 0.05) is 37.4 Å². The minimum atomic E-state index is -4.80. The van der Waals surface area contributed by atoms with Crippen molar-refractivity contribution in [3.63, 3.8) is 0 Å². The van der Waals surface area contributed by atoms with Crippen molar-refractivity contribution in [3.8, 4) is 11.5 Å². The number of pyridine rings is 1. The van der Waals surface area contributed by atoms with Crippen molar-refractivity contribution in [3.05, 3.63) is 89.4 Å². The quantitative estimate of drug-likeness (QED) is 0.281. The fraction of sp³-hybridized carbons (Fsp3) is 0.208. The second-order valence-electron chi connectivity index (χ2n) is 8.87. The lowest BCUT2D eigenvalue weighted by molar-refractivity contribution is -0.746. The van der Waals surface area contributed by atoms with E-state index in [2.05, 4.69) is 10.1 Å². The number of benzene rings is 2. The first-order valence-corrected chi connectivity index (χ1v) is 10.9. The van der Waals surface area contributed by atoms with Crippen LogP contribution in [0.4, 0.5) is 33.3 Å². The Morgan fingerprint density at radius 3 is 2.54 bits per heavy atom. The lowest BCUT2D eigenvalue weighted by Gasteiger charge is -2.44. The lowest BCUT2D eigenvalue weighted by atomic mass is 9.86. The molecule has 0 N–H and O–H groups in total. The summed E-state index contributed by atoms with van der Waals surface area (Å²) < 4.78 is 74.3. The van der Waals surface area contributed by atoms with Crippen LogP contribution in [0.25, 0.3) is 11.5 Å². The van der Waals surface area contributed by atoms with Gasteiger partial charge in [-0.1, -0.05) is 12.1 Å². The SMILES string of the molecule is CN1c2ccccc2N2Cc3c(F)cc(F)cc3C3(C12)n1nc(C(F)(F)F)nc1-c1cccc[n+]13. The van der Waals surface area contributed by atoms with Gasteiger partial charge in [-0.15, -0.1) is 5.10 Å². The zero-order valence-electron chi connectivity index (χ0n) is 18.1. The van der Waals surface area contributed by atoms with Crippen LogP contribution in [-0.2, 0) is 18.4 Å². The van der Waals surface area contributed by atoms with Crippen LogP contribution in [0, 0.1) is 11.6 Å². The molecule has 2 atom stereocenters. The second-order valence-corrected chi connectivity index (χ2v) is 8.87. The van der Waals surface area contributed by atoms with E-state index in [1.165, 1.54) is 10.7 Å². The largest absolute Gasteiger partial charge is 0.453 e. The summed E-state index contributed by atoms with van der Waals surface area (Å²) in [6.45, 7) is 0.105. The number of nitrogens with zero attached hydrogens (tertiary/aromatic N) is 6. The smallest absolute Gasteiger partial charge is 0.345 e. The van der Waals surface area contributed by atoms with Crippen LogP contribution in [0.1, 0.15) is 17.0 Å². The Labute approximate surface area is 195 Å². The van der Waals surface area contributed by atoms with Gasteiger partial charge in [0.15, 0.2) is 12.4 Å². The summed E-state index contributed by atoms with van der Waals surface area (Å²) in [7, 11) is 1.81. The first-order chi connectivity index (χ1) is 16.7. The average Bonchev–Trinajstić information content (AvgIpc) is 3.46. The van der Waals surface area contributed by atoms with Gasteiger partial charge in [-0.05, 0) is 24.3 Å². The maximum atomic E-state index is 15.3. The van der Waals surface area contributed by atoms with E-state index in [4.69, 9.17) is 0 Å². The van der Waals surface area contributed by atoms with Gasteiger partial charge < -0.3 is 9.80 Å². The minimum absolute atomic E-state index is 0.0280. The van der Waals surface area contributed by atoms with Crippen LogP contribution in [-0.4, -0.2) is 28.0 Å². The molecule has 0 amide bonds. The third-order valence-corrected chi connectivity index (χ3v) is 7.12. The Balaban J connectivity index is 1.65. The molecule has 0 saturated carbocycles. The Bertz CT molecular complexity index is 1550. The normalized spacial score (nSPS) is 21.6. The molecule has 11 heteroatoms. The highest BCUT2D eigenvalue weighted by Crippen LogP contribution is 2.52. The number of para-hydroxylation sites is 2. The number of halogens is 5. The monoisotopic (exact) mass is 483 g/mol. The second kappa shape index (κ2) is 6.35.